The number of aromatic amines is 1. The lowest BCUT2D eigenvalue weighted by Gasteiger charge is -2.33. The number of likely N-dealkylation sites (N-methyl/N-ethyl adjacent to an activating group) is 1. The minimum absolute atomic E-state index is 0.720. The first-order chi connectivity index (χ1) is 14.7. The SMILES string of the molecule is Cc1cc(Nc2cc(N3CCN(C)CC3)nc(-c3cccc4ccccc34)n2)n[nH]1. The fourth-order valence-electron chi connectivity index (χ4n) is 3.85. The zero-order valence-corrected chi connectivity index (χ0v) is 17.3. The Morgan fingerprint density at radius 2 is 1.70 bits per heavy atom. The lowest BCUT2D eigenvalue weighted by Crippen LogP contribution is -2.44. The summed E-state index contributed by atoms with van der Waals surface area (Å²) in [5.74, 6) is 3.15. The van der Waals surface area contributed by atoms with Gasteiger partial charge in [0, 0.05) is 49.6 Å². The van der Waals surface area contributed by atoms with Crippen molar-refractivity contribution >= 4 is 28.2 Å². The van der Waals surface area contributed by atoms with E-state index in [1.807, 2.05) is 19.1 Å². The largest absolute Gasteiger partial charge is 0.354 e. The number of hydrogen-bond donors (Lipinski definition) is 2. The zero-order chi connectivity index (χ0) is 20.5. The molecule has 7 nitrogen and oxygen atoms in total. The standard InChI is InChI=1S/C23H25N7/c1-16-14-21(28-27-16)24-20-15-22(30-12-10-29(2)11-13-30)26-23(25-20)19-9-5-7-17-6-3-4-8-18(17)19/h3-9,14-15H,10-13H2,1-2H3,(H2,24,25,26,27,28). The molecule has 0 radical (unpaired) electrons. The monoisotopic (exact) mass is 399 g/mol. The molecule has 0 atom stereocenters. The summed E-state index contributed by atoms with van der Waals surface area (Å²) < 4.78 is 0. The summed E-state index contributed by atoms with van der Waals surface area (Å²) >= 11 is 0. The number of H-pyrrole nitrogens is 1. The van der Waals surface area contributed by atoms with Crippen molar-refractivity contribution in [2.45, 2.75) is 6.92 Å². The molecule has 1 fully saturated rings. The fraction of sp³-hybridized carbons (Fsp3) is 0.261. The first kappa shape index (κ1) is 18.6. The van der Waals surface area contributed by atoms with Crippen molar-refractivity contribution in [2.75, 3.05) is 43.4 Å². The van der Waals surface area contributed by atoms with Crippen LogP contribution in [0.2, 0.25) is 0 Å². The van der Waals surface area contributed by atoms with Gasteiger partial charge in [-0.1, -0.05) is 42.5 Å². The van der Waals surface area contributed by atoms with Gasteiger partial charge in [0.15, 0.2) is 11.6 Å². The van der Waals surface area contributed by atoms with Crippen LogP contribution in [0.4, 0.5) is 17.5 Å². The third-order valence-electron chi connectivity index (χ3n) is 5.53. The summed E-state index contributed by atoms with van der Waals surface area (Å²) in [7, 11) is 2.16. The molecule has 7 heteroatoms. The van der Waals surface area contributed by atoms with Gasteiger partial charge in [-0.3, -0.25) is 5.10 Å². The van der Waals surface area contributed by atoms with E-state index in [1.165, 1.54) is 5.39 Å². The van der Waals surface area contributed by atoms with Crippen molar-refractivity contribution in [1.29, 1.82) is 0 Å². The van der Waals surface area contributed by atoms with Gasteiger partial charge in [-0.15, -0.1) is 0 Å². The highest BCUT2D eigenvalue weighted by Gasteiger charge is 2.18. The quantitative estimate of drug-likeness (QED) is 0.543. The highest BCUT2D eigenvalue weighted by molar-refractivity contribution is 5.95. The molecular formula is C23H25N7. The number of piperazine rings is 1. The van der Waals surface area contributed by atoms with Gasteiger partial charge in [0.25, 0.3) is 0 Å². The highest BCUT2D eigenvalue weighted by Crippen LogP contribution is 2.30. The molecule has 0 unspecified atom stereocenters. The number of hydrogen-bond acceptors (Lipinski definition) is 6. The first-order valence-corrected chi connectivity index (χ1v) is 10.3. The van der Waals surface area contributed by atoms with E-state index in [0.717, 1.165) is 66.1 Å². The normalized spacial score (nSPS) is 14.9. The number of aryl methyl sites for hydroxylation is 1. The lowest BCUT2D eigenvalue weighted by atomic mass is 10.0. The molecule has 5 rings (SSSR count). The Morgan fingerprint density at radius 3 is 2.50 bits per heavy atom. The van der Waals surface area contributed by atoms with Gasteiger partial charge in [0.1, 0.15) is 11.6 Å². The molecule has 2 aromatic heterocycles. The van der Waals surface area contributed by atoms with E-state index >= 15 is 0 Å². The van der Waals surface area contributed by atoms with Gasteiger partial charge in [-0.25, -0.2) is 9.97 Å². The second-order valence-electron chi connectivity index (χ2n) is 7.81. The van der Waals surface area contributed by atoms with Gasteiger partial charge in [-0.2, -0.15) is 5.10 Å². The fourth-order valence-corrected chi connectivity index (χ4v) is 3.85. The molecule has 3 heterocycles. The Morgan fingerprint density at radius 1 is 0.900 bits per heavy atom. The van der Waals surface area contributed by atoms with E-state index in [2.05, 4.69) is 74.8 Å². The third kappa shape index (κ3) is 3.71. The van der Waals surface area contributed by atoms with Gasteiger partial charge in [0.2, 0.25) is 0 Å². The minimum atomic E-state index is 0.720. The first-order valence-electron chi connectivity index (χ1n) is 10.3. The van der Waals surface area contributed by atoms with Crippen LogP contribution < -0.4 is 10.2 Å². The number of nitrogens with one attached hydrogen (secondary N) is 2. The Balaban J connectivity index is 1.60. The Hall–Kier alpha value is -3.45. The molecule has 0 amide bonds. The van der Waals surface area contributed by atoms with Crippen LogP contribution in [0.15, 0.2) is 54.6 Å². The summed E-state index contributed by atoms with van der Waals surface area (Å²) in [6.45, 7) is 5.92. The summed E-state index contributed by atoms with van der Waals surface area (Å²) in [6, 6.07) is 18.6. The van der Waals surface area contributed by atoms with Crippen molar-refractivity contribution in [1.82, 2.24) is 25.1 Å². The molecule has 2 aromatic carbocycles. The molecular weight excluding hydrogens is 374 g/mol. The maximum absolute atomic E-state index is 4.98. The van der Waals surface area contributed by atoms with E-state index in [0.29, 0.717) is 0 Å². The number of fused-ring (bicyclic) bond motifs is 1. The minimum Gasteiger partial charge on any atom is -0.354 e. The molecule has 152 valence electrons. The summed E-state index contributed by atoms with van der Waals surface area (Å²) in [6.07, 6.45) is 0. The van der Waals surface area contributed by atoms with E-state index < -0.39 is 0 Å². The molecule has 1 saturated heterocycles. The van der Waals surface area contributed by atoms with Crippen molar-refractivity contribution < 1.29 is 0 Å². The molecule has 4 aromatic rings. The highest BCUT2D eigenvalue weighted by atomic mass is 15.3. The van der Waals surface area contributed by atoms with E-state index in [9.17, 15) is 0 Å². The molecule has 0 bridgehead atoms. The van der Waals surface area contributed by atoms with Crippen LogP contribution in [0.25, 0.3) is 22.2 Å². The molecule has 1 aliphatic heterocycles. The average molecular weight is 400 g/mol. The molecule has 30 heavy (non-hydrogen) atoms. The predicted molar refractivity (Wildman–Crippen MR) is 121 cm³/mol. The smallest absolute Gasteiger partial charge is 0.164 e. The summed E-state index contributed by atoms with van der Waals surface area (Å²) in [5, 5.41) is 12.9. The van der Waals surface area contributed by atoms with E-state index in [4.69, 9.17) is 9.97 Å². The maximum Gasteiger partial charge on any atom is 0.164 e. The predicted octanol–water partition coefficient (Wildman–Crippen LogP) is 3.82. The van der Waals surface area contributed by atoms with Crippen molar-refractivity contribution in [3.8, 4) is 11.4 Å². The van der Waals surface area contributed by atoms with Gasteiger partial charge in [0.05, 0.1) is 0 Å². The topological polar surface area (TPSA) is 73.0 Å². The second-order valence-corrected chi connectivity index (χ2v) is 7.81. The summed E-state index contributed by atoms with van der Waals surface area (Å²) in [5.41, 5.74) is 2.03. The van der Waals surface area contributed by atoms with Crippen LogP contribution in [0.5, 0.6) is 0 Å². The van der Waals surface area contributed by atoms with Crippen LogP contribution in [0.3, 0.4) is 0 Å². The second kappa shape index (κ2) is 7.76. The number of benzene rings is 2. The van der Waals surface area contributed by atoms with E-state index in [-0.39, 0.29) is 0 Å². The molecule has 1 aliphatic rings. The van der Waals surface area contributed by atoms with E-state index in [1.54, 1.807) is 0 Å². The summed E-state index contributed by atoms with van der Waals surface area (Å²) in [4.78, 5) is 14.5. The zero-order valence-electron chi connectivity index (χ0n) is 17.3. The number of rotatable bonds is 4. The van der Waals surface area contributed by atoms with Crippen molar-refractivity contribution in [3.63, 3.8) is 0 Å². The van der Waals surface area contributed by atoms with Crippen LogP contribution in [-0.2, 0) is 0 Å². The number of anilines is 3. The Bertz CT molecular complexity index is 1170. The third-order valence-corrected chi connectivity index (χ3v) is 5.53. The van der Waals surface area contributed by atoms with Crippen molar-refractivity contribution in [2.24, 2.45) is 0 Å². The van der Waals surface area contributed by atoms with Crippen LogP contribution in [0.1, 0.15) is 5.69 Å². The lowest BCUT2D eigenvalue weighted by molar-refractivity contribution is 0.312. The van der Waals surface area contributed by atoms with Gasteiger partial charge < -0.3 is 15.1 Å². The Kier molecular flexibility index (Phi) is 4.80. The van der Waals surface area contributed by atoms with Crippen molar-refractivity contribution in [3.05, 3.63) is 60.3 Å². The molecule has 0 spiro atoms. The maximum atomic E-state index is 4.98. The molecule has 0 saturated carbocycles. The van der Waals surface area contributed by atoms with Crippen LogP contribution in [-0.4, -0.2) is 58.3 Å². The van der Waals surface area contributed by atoms with Crippen LogP contribution >= 0.6 is 0 Å². The average Bonchev–Trinajstić information content (AvgIpc) is 3.18. The molecule has 0 aliphatic carbocycles. The molecule has 2 N–H and O–H groups in total. The number of aromatic nitrogens is 4. The van der Waals surface area contributed by atoms with Crippen LogP contribution in [0, 0.1) is 6.92 Å². The number of nitrogens with zero attached hydrogens (tertiary/aromatic N) is 5. The van der Waals surface area contributed by atoms with Gasteiger partial charge in [-0.05, 0) is 24.7 Å². The Labute approximate surface area is 175 Å². The van der Waals surface area contributed by atoms with Gasteiger partial charge >= 0.3 is 0 Å².